The Kier molecular flexibility index (Phi) is 11.4. The maximum Gasteiger partial charge on any atom is 0.120 e. The lowest BCUT2D eigenvalue weighted by molar-refractivity contribution is 0.284. The van der Waals surface area contributed by atoms with Crippen LogP contribution in [0.15, 0.2) is 60.7 Å². The van der Waals surface area contributed by atoms with Crippen molar-refractivity contribution in [2.45, 2.75) is 91.6 Å². The average molecular weight is 473 g/mol. The summed E-state index contributed by atoms with van der Waals surface area (Å²) < 4.78 is 6.19. The third-order valence-electron chi connectivity index (χ3n) is 6.92. The fourth-order valence-corrected chi connectivity index (χ4v) is 4.74. The Balaban J connectivity index is 1.65. The molecule has 3 aromatic rings. The number of hydrogen-bond donors (Lipinski definition) is 1. The van der Waals surface area contributed by atoms with E-state index in [4.69, 9.17) is 9.84 Å². The first-order chi connectivity index (χ1) is 17.2. The molecular formula is C33H44O2. The van der Waals surface area contributed by atoms with E-state index < -0.39 is 0 Å². The van der Waals surface area contributed by atoms with E-state index in [-0.39, 0.29) is 6.61 Å². The monoisotopic (exact) mass is 472 g/mol. The molecule has 0 atom stereocenters. The van der Waals surface area contributed by atoms with Crippen molar-refractivity contribution >= 4 is 0 Å². The summed E-state index contributed by atoms with van der Waals surface area (Å²) in [6, 6.07) is 22.4. The van der Waals surface area contributed by atoms with Gasteiger partial charge in [-0.05, 0) is 96.0 Å². The van der Waals surface area contributed by atoms with Crippen molar-refractivity contribution in [2.24, 2.45) is 0 Å². The maximum atomic E-state index is 9.06. The molecule has 0 aliphatic carbocycles. The van der Waals surface area contributed by atoms with Crippen molar-refractivity contribution in [3.63, 3.8) is 0 Å². The minimum Gasteiger partial charge on any atom is -0.489 e. The van der Waals surface area contributed by atoms with Crippen LogP contribution in [0, 0.1) is 0 Å². The van der Waals surface area contributed by atoms with Crippen molar-refractivity contribution < 1.29 is 9.84 Å². The van der Waals surface area contributed by atoms with Crippen molar-refractivity contribution in [1.82, 2.24) is 0 Å². The smallest absolute Gasteiger partial charge is 0.120 e. The normalized spacial score (nSPS) is 11.1. The highest BCUT2D eigenvalue weighted by molar-refractivity contribution is 5.72. The third kappa shape index (κ3) is 8.25. The summed E-state index contributed by atoms with van der Waals surface area (Å²) in [6.07, 6.45) is 11.3. The zero-order valence-electron chi connectivity index (χ0n) is 22.1. The number of rotatable bonds is 15. The second-order valence-electron chi connectivity index (χ2n) is 9.61. The van der Waals surface area contributed by atoms with Crippen molar-refractivity contribution in [3.8, 4) is 16.9 Å². The van der Waals surface area contributed by atoms with Gasteiger partial charge in [-0.2, -0.15) is 0 Å². The number of aliphatic hydroxyl groups excluding tert-OH is 1. The standard InChI is InChI=1S/C33H44O2/c1-4-7-8-9-12-26-14-16-28(17-15-26)25-35-31-19-21-33(30(6-3)24-31)32-20-18-27(13-10-11-22-34)23-29(32)5-2/h14-21,23-24,34H,4-13,22,25H2,1-3H3. The molecule has 188 valence electrons. The molecule has 0 saturated heterocycles. The van der Waals surface area contributed by atoms with E-state index >= 15 is 0 Å². The Labute approximate surface area is 213 Å². The number of ether oxygens (including phenoxy) is 1. The summed E-state index contributed by atoms with van der Waals surface area (Å²) in [5, 5.41) is 9.06. The molecule has 0 fully saturated rings. The van der Waals surface area contributed by atoms with Crippen LogP contribution in [-0.4, -0.2) is 11.7 Å². The number of aryl methyl sites for hydroxylation is 4. The molecule has 1 N–H and O–H groups in total. The molecule has 2 heteroatoms. The highest BCUT2D eigenvalue weighted by Gasteiger charge is 2.11. The molecule has 0 aromatic heterocycles. The highest BCUT2D eigenvalue weighted by Crippen LogP contribution is 2.32. The first-order valence-corrected chi connectivity index (χ1v) is 13.7. The molecule has 0 aliphatic heterocycles. The van der Waals surface area contributed by atoms with Crippen LogP contribution >= 0.6 is 0 Å². The SMILES string of the molecule is CCCCCCc1ccc(COc2ccc(-c3ccc(CCCCO)cc3CC)c(CC)c2)cc1. The zero-order chi connectivity index (χ0) is 24.9. The van der Waals surface area contributed by atoms with Gasteiger partial charge in [0.05, 0.1) is 0 Å². The summed E-state index contributed by atoms with van der Waals surface area (Å²) in [7, 11) is 0. The molecule has 0 heterocycles. The van der Waals surface area contributed by atoms with Gasteiger partial charge >= 0.3 is 0 Å². The van der Waals surface area contributed by atoms with E-state index in [0.29, 0.717) is 6.61 Å². The molecule has 3 aromatic carbocycles. The maximum absolute atomic E-state index is 9.06. The molecular weight excluding hydrogens is 428 g/mol. The van der Waals surface area contributed by atoms with Crippen molar-refractivity contribution in [1.29, 1.82) is 0 Å². The van der Waals surface area contributed by atoms with E-state index in [0.717, 1.165) is 37.9 Å². The van der Waals surface area contributed by atoms with E-state index in [1.54, 1.807) is 0 Å². The Bertz CT molecular complexity index is 1020. The summed E-state index contributed by atoms with van der Waals surface area (Å²) in [5.41, 5.74) is 9.37. The van der Waals surface area contributed by atoms with E-state index in [2.05, 4.69) is 81.4 Å². The minimum absolute atomic E-state index is 0.275. The third-order valence-corrected chi connectivity index (χ3v) is 6.92. The fraction of sp³-hybridized carbons (Fsp3) is 0.455. The van der Waals surface area contributed by atoms with Gasteiger partial charge in [-0.1, -0.05) is 88.6 Å². The van der Waals surface area contributed by atoms with Gasteiger partial charge in [0.1, 0.15) is 12.4 Å². The molecule has 0 saturated carbocycles. The summed E-state index contributed by atoms with van der Waals surface area (Å²) in [4.78, 5) is 0. The topological polar surface area (TPSA) is 29.5 Å². The van der Waals surface area contributed by atoms with Gasteiger partial charge in [-0.25, -0.2) is 0 Å². The largest absolute Gasteiger partial charge is 0.489 e. The van der Waals surface area contributed by atoms with Crippen LogP contribution in [0.3, 0.4) is 0 Å². The lowest BCUT2D eigenvalue weighted by atomic mass is 9.91. The number of hydrogen-bond acceptors (Lipinski definition) is 2. The quantitative estimate of drug-likeness (QED) is 0.225. The van der Waals surface area contributed by atoms with Crippen LogP contribution in [0.5, 0.6) is 5.75 Å². The molecule has 0 spiro atoms. The van der Waals surface area contributed by atoms with Gasteiger partial charge in [0.15, 0.2) is 0 Å². The predicted molar refractivity (Wildman–Crippen MR) is 149 cm³/mol. The number of benzene rings is 3. The van der Waals surface area contributed by atoms with Gasteiger partial charge in [-0.15, -0.1) is 0 Å². The summed E-state index contributed by atoms with van der Waals surface area (Å²) in [6.45, 7) is 7.58. The molecule has 0 bridgehead atoms. The van der Waals surface area contributed by atoms with Crippen LogP contribution < -0.4 is 4.74 Å². The molecule has 2 nitrogen and oxygen atoms in total. The Morgan fingerprint density at radius 2 is 1.20 bits per heavy atom. The highest BCUT2D eigenvalue weighted by atomic mass is 16.5. The second-order valence-corrected chi connectivity index (χ2v) is 9.61. The minimum atomic E-state index is 0.275. The number of aliphatic hydroxyl groups is 1. The first kappa shape index (κ1) is 27.0. The van der Waals surface area contributed by atoms with Crippen molar-refractivity contribution in [2.75, 3.05) is 6.61 Å². The number of unbranched alkanes of at least 4 members (excludes halogenated alkanes) is 4. The molecule has 0 amide bonds. The van der Waals surface area contributed by atoms with Crippen molar-refractivity contribution in [3.05, 3.63) is 88.5 Å². The van der Waals surface area contributed by atoms with E-state index in [9.17, 15) is 0 Å². The second kappa shape index (κ2) is 14.7. The van der Waals surface area contributed by atoms with Crippen LogP contribution in [-0.2, 0) is 32.3 Å². The Hall–Kier alpha value is -2.58. The van der Waals surface area contributed by atoms with Gasteiger partial charge in [0, 0.05) is 6.61 Å². The first-order valence-electron chi connectivity index (χ1n) is 13.7. The molecule has 0 unspecified atom stereocenters. The van der Waals surface area contributed by atoms with Gasteiger partial charge < -0.3 is 9.84 Å². The molecule has 3 rings (SSSR count). The van der Waals surface area contributed by atoms with Crippen LogP contribution in [0.25, 0.3) is 11.1 Å². The molecule has 35 heavy (non-hydrogen) atoms. The lowest BCUT2D eigenvalue weighted by Crippen LogP contribution is -1.99. The van der Waals surface area contributed by atoms with E-state index in [1.165, 1.54) is 71.0 Å². The van der Waals surface area contributed by atoms with Crippen LogP contribution in [0.4, 0.5) is 0 Å². The van der Waals surface area contributed by atoms with Crippen LogP contribution in [0.1, 0.15) is 87.1 Å². The Morgan fingerprint density at radius 1 is 0.600 bits per heavy atom. The van der Waals surface area contributed by atoms with Crippen LogP contribution in [0.2, 0.25) is 0 Å². The summed E-state index contributed by atoms with van der Waals surface area (Å²) in [5.74, 6) is 0.938. The fourth-order valence-electron chi connectivity index (χ4n) is 4.74. The van der Waals surface area contributed by atoms with E-state index in [1.807, 2.05) is 0 Å². The average Bonchev–Trinajstić information content (AvgIpc) is 2.90. The molecule has 0 aliphatic rings. The lowest BCUT2D eigenvalue weighted by Gasteiger charge is -2.16. The Morgan fingerprint density at radius 3 is 1.89 bits per heavy atom. The van der Waals surface area contributed by atoms with Gasteiger partial charge in [0.25, 0.3) is 0 Å². The predicted octanol–water partition coefficient (Wildman–Crippen LogP) is 8.50. The van der Waals surface area contributed by atoms with Gasteiger partial charge in [-0.3, -0.25) is 0 Å². The van der Waals surface area contributed by atoms with Gasteiger partial charge in [0.2, 0.25) is 0 Å². The molecule has 0 radical (unpaired) electrons. The zero-order valence-corrected chi connectivity index (χ0v) is 22.1. The summed E-state index contributed by atoms with van der Waals surface area (Å²) >= 11 is 0.